The minimum absolute atomic E-state index is 0.148. The fraction of sp³-hybridized carbons (Fsp3) is 0.818. The molecule has 0 radical (unpaired) electrons. The summed E-state index contributed by atoms with van der Waals surface area (Å²) >= 11 is 0. The molecule has 3 fully saturated rings. The van der Waals surface area contributed by atoms with Crippen molar-refractivity contribution in [3.8, 4) is 0 Å². The number of hydrogen-bond donors (Lipinski definition) is 0. The number of isocyanates is 3. The van der Waals surface area contributed by atoms with Gasteiger partial charge >= 0.3 is 17.1 Å². The summed E-state index contributed by atoms with van der Waals surface area (Å²) in [4.78, 5) is 89.4. The zero-order valence-corrected chi connectivity index (χ0v) is 26.9. The normalized spacial score (nSPS) is 28.9. The Morgan fingerprint density at radius 2 is 0.933 bits per heavy atom. The Bertz CT molecular complexity index is 1400. The standard InChI is InChI=1S/C33H48N6O6/c1-4-26(34-19-40)22-15-17-23(18-16-22)37-31(43)38(29-13-9-7-11-24(29)27(5-2)35-20-41)33(45)39(32(37)44)30-14-10-8-12-25(30)28(6-3)36-21-42/h22-30H,4-18H2,1-3H3. The highest BCUT2D eigenvalue weighted by Crippen LogP contribution is 2.40. The van der Waals surface area contributed by atoms with E-state index in [1.807, 2.05) is 20.8 Å². The lowest BCUT2D eigenvalue weighted by atomic mass is 9.78. The van der Waals surface area contributed by atoms with Crippen LogP contribution in [-0.4, -0.2) is 50.1 Å². The number of rotatable bonds is 12. The van der Waals surface area contributed by atoms with Gasteiger partial charge in [-0.05, 0) is 76.5 Å². The van der Waals surface area contributed by atoms with Gasteiger partial charge in [0.05, 0.1) is 18.1 Å². The summed E-state index contributed by atoms with van der Waals surface area (Å²) in [5.41, 5.74) is -1.82. The molecule has 0 aromatic carbocycles. The van der Waals surface area contributed by atoms with Crippen molar-refractivity contribution in [2.24, 2.45) is 32.7 Å². The third-order valence-electron chi connectivity index (χ3n) is 11.0. The van der Waals surface area contributed by atoms with Crippen molar-refractivity contribution in [2.45, 2.75) is 153 Å². The van der Waals surface area contributed by atoms with E-state index < -0.39 is 35.2 Å². The number of aliphatic imine (C=N–C) groups is 3. The van der Waals surface area contributed by atoms with Gasteiger partial charge in [0.25, 0.3) is 0 Å². The van der Waals surface area contributed by atoms with Gasteiger partial charge in [0.15, 0.2) is 0 Å². The summed E-state index contributed by atoms with van der Waals surface area (Å²) < 4.78 is 3.93. The smallest absolute Gasteiger partial charge is 0.247 e. The van der Waals surface area contributed by atoms with Crippen LogP contribution in [0.2, 0.25) is 0 Å². The molecule has 3 aliphatic rings. The molecule has 1 aromatic heterocycles. The topological polar surface area (TPSA) is 154 Å². The first-order valence-corrected chi connectivity index (χ1v) is 17.1. The summed E-state index contributed by atoms with van der Waals surface area (Å²) in [6.45, 7) is 5.84. The monoisotopic (exact) mass is 624 g/mol. The average molecular weight is 625 g/mol. The van der Waals surface area contributed by atoms with Crippen LogP contribution in [0.15, 0.2) is 29.4 Å². The Morgan fingerprint density at radius 3 is 1.33 bits per heavy atom. The summed E-state index contributed by atoms with van der Waals surface area (Å²) in [6, 6.07) is -2.36. The summed E-state index contributed by atoms with van der Waals surface area (Å²) in [7, 11) is 0. The quantitative estimate of drug-likeness (QED) is 0.242. The lowest BCUT2D eigenvalue weighted by molar-refractivity contribution is 0.150. The molecule has 3 saturated carbocycles. The molecular weight excluding hydrogens is 576 g/mol. The predicted octanol–water partition coefficient (Wildman–Crippen LogP) is 4.71. The van der Waals surface area contributed by atoms with Crippen LogP contribution in [-0.2, 0) is 14.4 Å². The van der Waals surface area contributed by atoms with Crippen molar-refractivity contribution in [1.82, 2.24) is 13.7 Å². The first-order chi connectivity index (χ1) is 21.9. The van der Waals surface area contributed by atoms with Crippen LogP contribution in [0, 0.1) is 17.8 Å². The molecule has 0 N–H and O–H groups in total. The lowest BCUT2D eigenvalue weighted by Crippen LogP contribution is -2.60. The second-order valence-electron chi connectivity index (χ2n) is 13.1. The summed E-state index contributed by atoms with van der Waals surface area (Å²) in [6.07, 6.45) is 15.4. The van der Waals surface area contributed by atoms with Crippen molar-refractivity contribution >= 4 is 18.2 Å². The molecule has 4 rings (SSSR count). The molecule has 12 nitrogen and oxygen atoms in total. The highest BCUT2D eigenvalue weighted by molar-refractivity contribution is 5.34. The minimum atomic E-state index is -0.620. The molecule has 45 heavy (non-hydrogen) atoms. The molecule has 246 valence electrons. The van der Waals surface area contributed by atoms with E-state index in [9.17, 15) is 28.8 Å². The maximum atomic E-state index is 14.6. The van der Waals surface area contributed by atoms with Gasteiger partial charge in [0.2, 0.25) is 18.2 Å². The van der Waals surface area contributed by atoms with Crippen LogP contribution in [0.3, 0.4) is 0 Å². The number of hydrogen-bond acceptors (Lipinski definition) is 9. The van der Waals surface area contributed by atoms with Gasteiger partial charge in [-0.2, -0.15) is 0 Å². The molecule has 0 amide bonds. The number of carbonyl (C=O) groups excluding carboxylic acids is 3. The lowest BCUT2D eigenvalue weighted by Gasteiger charge is -2.39. The summed E-state index contributed by atoms with van der Waals surface area (Å²) in [5.74, 6) is -0.287. The molecule has 1 aromatic rings. The van der Waals surface area contributed by atoms with E-state index in [2.05, 4.69) is 15.0 Å². The first-order valence-electron chi connectivity index (χ1n) is 17.1. The van der Waals surface area contributed by atoms with E-state index in [0.717, 1.165) is 25.7 Å². The Balaban J connectivity index is 1.90. The molecule has 7 atom stereocenters. The maximum Gasteiger partial charge on any atom is 0.336 e. The minimum Gasteiger partial charge on any atom is -0.247 e. The molecule has 12 heteroatoms. The van der Waals surface area contributed by atoms with Crippen LogP contribution < -0.4 is 17.1 Å². The highest BCUT2D eigenvalue weighted by atomic mass is 16.2. The molecule has 3 aliphatic carbocycles. The van der Waals surface area contributed by atoms with E-state index in [4.69, 9.17) is 0 Å². The molecule has 0 saturated heterocycles. The Kier molecular flexibility index (Phi) is 12.4. The van der Waals surface area contributed by atoms with Crippen LogP contribution >= 0.6 is 0 Å². The Morgan fingerprint density at radius 1 is 0.556 bits per heavy atom. The Hall–Kier alpha value is -3.45. The molecule has 0 aliphatic heterocycles. The van der Waals surface area contributed by atoms with Gasteiger partial charge in [0, 0.05) is 30.0 Å². The number of nitrogens with zero attached hydrogens (tertiary/aromatic N) is 6. The van der Waals surface area contributed by atoms with Gasteiger partial charge in [-0.1, -0.05) is 46.5 Å². The van der Waals surface area contributed by atoms with Gasteiger partial charge in [-0.3, -0.25) is 0 Å². The zero-order valence-electron chi connectivity index (χ0n) is 26.9. The average Bonchev–Trinajstić information content (AvgIpc) is 3.06. The van der Waals surface area contributed by atoms with Crippen LogP contribution in [0.25, 0.3) is 0 Å². The van der Waals surface area contributed by atoms with Crippen LogP contribution in [0.5, 0.6) is 0 Å². The molecule has 1 heterocycles. The van der Waals surface area contributed by atoms with Crippen molar-refractivity contribution in [1.29, 1.82) is 0 Å². The molecule has 0 bridgehead atoms. The summed E-state index contributed by atoms with van der Waals surface area (Å²) in [5, 5.41) is 0. The number of aromatic nitrogens is 3. The fourth-order valence-corrected chi connectivity index (χ4v) is 8.75. The highest BCUT2D eigenvalue weighted by Gasteiger charge is 2.40. The van der Waals surface area contributed by atoms with Crippen molar-refractivity contribution < 1.29 is 14.4 Å². The van der Waals surface area contributed by atoms with E-state index in [1.165, 1.54) is 13.7 Å². The van der Waals surface area contributed by atoms with Crippen LogP contribution in [0.1, 0.15) is 135 Å². The van der Waals surface area contributed by atoms with Gasteiger partial charge < -0.3 is 0 Å². The van der Waals surface area contributed by atoms with Gasteiger partial charge in [0.1, 0.15) is 0 Å². The van der Waals surface area contributed by atoms with Crippen molar-refractivity contribution in [2.75, 3.05) is 0 Å². The maximum absolute atomic E-state index is 14.6. The SMILES string of the molecule is CCC(N=C=O)C1CCC(n2c(=O)n(C3CCCCC3C(CC)N=C=O)c(=O)n(C3CCCCC3C(CC)N=C=O)c2=O)CC1. The Labute approximate surface area is 263 Å². The first kappa shape index (κ1) is 34.4. The fourth-order valence-electron chi connectivity index (χ4n) is 8.75. The van der Waals surface area contributed by atoms with E-state index in [0.29, 0.717) is 70.6 Å². The van der Waals surface area contributed by atoms with Gasteiger partial charge in [-0.25, -0.2) is 57.4 Å². The van der Waals surface area contributed by atoms with Gasteiger partial charge in [-0.15, -0.1) is 0 Å². The van der Waals surface area contributed by atoms with E-state index in [-0.39, 0.29) is 35.9 Å². The molecule has 0 spiro atoms. The van der Waals surface area contributed by atoms with Crippen molar-refractivity contribution in [3.05, 3.63) is 31.5 Å². The molecular formula is C33H48N6O6. The van der Waals surface area contributed by atoms with Crippen LogP contribution in [0.4, 0.5) is 0 Å². The van der Waals surface area contributed by atoms with E-state index >= 15 is 0 Å². The van der Waals surface area contributed by atoms with E-state index in [1.54, 1.807) is 18.2 Å². The third kappa shape index (κ3) is 7.19. The largest absolute Gasteiger partial charge is 0.336 e. The second-order valence-corrected chi connectivity index (χ2v) is 13.1. The predicted molar refractivity (Wildman–Crippen MR) is 169 cm³/mol. The van der Waals surface area contributed by atoms with Crippen molar-refractivity contribution in [3.63, 3.8) is 0 Å². The second kappa shape index (κ2) is 16.2. The third-order valence-corrected chi connectivity index (χ3v) is 11.0. The molecule has 7 unspecified atom stereocenters. The zero-order chi connectivity index (χ0) is 32.5.